The maximum Gasteiger partial charge on any atom is 0.251 e. The molecule has 1 atom stereocenters. The second kappa shape index (κ2) is 7.51. The Kier molecular flexibility index (Phi) is 5.31. The zero-order valence-electron chi connectivity index (χ0n) is 16.0. The summed E-state index contributed by atoms with van der Waals surface area (Å²) in [5.41, 5.74) is 1.84. The predicted molar refractivity (Wildman–Crippen MR) is 104 cm³/mol. The Bertz CT molecular complexity index is 857. The van der Waals surface area contributed by atoms with Crippen LogP contribution >= 0.6 is 0 Å². The molecule has 0 unspecified atom stereocenters. The van der Waals surface area contributed by atoms with Crippen molar-refractivity contribution in [3.8, 4) is 11.1 Å². The lowest BCUT2D eigenvalue weighted by Crippen LogP contribution is -2.42. The van der Waals surface area contributed by atoms with E-state index in [1.807, 2.05) is 37.8 Å². The molecule has 5 heteroatoms. The van der Waals surface area contributed by atoms with E-state index in [9.17, 15) is 14.0 Å². The largest absolute Gasteiger partial charge is 0.352 e. The molecular formula is C22H25FN2O2. The fourth-order valence-electron chi connectivity index (χ4n) is 3.41. The summed E-state index contributed by atoms with van der Waals surface area (Å²) in [6.45, 7) is 7.17. The Hall–Kier alpha value is -2.69. The highest BCUT2D eigenvalue weighted by Gasteiger charge is 2.36. The molecule has 1 aliphatic rings. The van der Waals surface area contributed by atoms with Gasteiger partial charge in [0.1, 0.15) is 5.82 Å². The molecule has 1 N–H and O–H groups in total. The van der Waals surface area contributed by atoms with Crippen molar-refractivity contribution >= 4 is 11.8 Å². The topological polar surface area (TPSA) is 49.4 Å². The normalized spacial score (nSPS) is 17.3. The van der Waals surface area contributed by atoms with Crippen molar-refractivity contribution in [3.63, 3.8) is 0 Å². The first-order valence-electron chi connectivity index (χ1n) is 9.19. The van der Waals surface area contributed by atoms with Crippen LogP contribution in [-0.2, 0) is 4.79 Å². The third kappa shape index (κ3) is 4.54. The van der Waals surface area contributed by atoms with E-state index in [1.165, 1.54) is 12.1 Å². The van der Waals surface area contributed by atoms with E-state index in [-0.39, 0.29) is 29.1 Å². The number of amides is 2. The monoisotopic (exact) mass is 368 g/mol. The Labute approximate surface area is 159 Å². The van der Waals surface area contributed by atoms with Crippen LogP contribution < -0.4 is 5.32 Å². The zero-order valence-corrected chi connectivity index (χ0v) is 16.0. The highest BCUT2D eigenvalue weighted by atomic mass is 19.1. The van der Waals surface area contributed by atoms with E-state index in [0.717, 1.165) is 11.1 Å². The summed E-state index contributed by atoms with van der Waals surface area (Å²) in [5, 5.41) is 2.93. The predicted octanol–water partition coefficient (Wildman–Crippen LogP) is 3.87. The molecule has 4 nitrogen and oxygen atoms in total. The van der Waals surface area contributed by atoms with Crippen LogP contribution in [0.1, 0.15) is 37.6 Å². The third-order valence-corrected chi connectivity index (χ3v) is 4.85. The number of likely N-dealkylation sites (tertiary alicyclic amines) is 1. The number of carbonyl (C=O) groups is 2. The van der Waals surface area contributed by atoms with Crippen LogP contribution in [0, 0.1) is 11.7 Å². The molecule has 0 saturated carbocycles. The minimum atomic E-state index is -0.309. The molecule has 1 fully saturated rings. The van der Waals surface area contributed by atoms with Crippen LogP contribution in [0.25, 0.3) is 11.1 Å². The zero-order chi connectivity index (χ0) is 19.6. The molecule has 2 amide bonds. The molecule has 2 aromatic rings. The number of nitrogens with zero attached hydrogens (tertiary/aromatic N) is 1. The van der Waals surface area contributed by atoms with Gasteiger partial charge in [-0.25, -0.2) is 4.39 Å². The van der Waals surface area contributed by atoms with Gasteiger partial charge < -0.3 is 10.2 Å². The molecule has 142 valence electrons. The average molecular weight is 368 g/mol. The summed E-state index contributed by atoms with van der Waals surface area (Å²) in [4.78, 5) is 26.6. The van der Waals surface area contributed by atoms with Gasteiger partial charge >= 0.3 is 0 Å². The van der Waals surface area contributed by atoms with Crippen LogP contribution in [0.15, 0.2) is 48.5 Å². The first-order chi connectivity index (χ1) is 12.7. The van der Waals surface area contributed by atoms with Gasteiger partial charge in [0.2, 0.25) is 5.91 Å². The molecule has 1 aliphatic heterocycles. The second-order valence-corrected chi connectivity index (χ2v) is 8.05. The average Bonchev–Trinajstić information content (AvgIpc) is 3.01. The molecule has 1 heterocycles. The summed E-state index contributed by atoms with van der Waals surface area (Å²) in [6, 6.07) is 13.4. The van der Waals surface area contributed by atoms with Crippen molar-refractivity contribution < 1.29 is 14.0 Å². The van der Waals surface area contributed by atoms with Gasteiger partial charge in [-0.15, -0.1) is 0 Å². The lowest BCUT2D eigenvalue weighted by atomic mass is 10.0. The van der Waals surface area contributed by atoms with Crippen LogP contribution in [0.2, 0.25) is 0 Å². The molecule has 0 spiro atoms. The maximum absolute atomic E-state index is 13.4. The Balaban J connectivity index is 1.64. The molecule has 0 bridgehead atoms. The Morgan fingerprint density at radius 1 is 1.15 bits per heavy atom. The van der Waals surface area contributed by atoms with Crippen molar-refractivity contribution in [1.82, 2.24) is 10.2 Å². The minimum absolute atomic E-state index is 0.118. The van der Waals surface area contributed by atoms with Crippen LogP contribution in [0.4, 0.5) is 4.39 Å². The van der Waals surface area contributed by atoms with E-state index in [0.29, 0.717) is 25.1 Å². The van der Waals surface area contributed by atoms with Gasteiger partial charge in [0.15, 0.2) is 0 Å². The lowest BCUT2D eigenvalue weighted by molar-refractivity contribution is -0.131. The molecule has 0 aliphatic carbocycles. The quantitative estimate of drug-likeness (QED) is 0.891. The van der Waals surface area contributed by atoms with Crippen LogP contribution in [0.3, 0.4) is 0 Å². The van der Waals surface area contributed by atoms with Crippen molar-refractivity contribution in [2.45, 2.75) is 32.7 Å². The standard InChI is InChI=1S/C22H25FN2O2/c1-22(2,3)25-14-15(10-20(25)26)13-24-21(27)18-8-4-6-16(11-18)17-7-5-9-19(23)12-17/h4-9,11-12,15H,10,13-14H2,1-3H3,(H,24,27)/t15-/m1/s1. The highest BCUT2D eigenvalue weighted by molar-refractivity contribution is 5.95. The summed E-state index contributed by atoms with van der Waals surface area (Å²) in [7, 11) is 0. The maximum atomic E-state index is 13.4. The molecule has 0 radical (unpaired) electrons. The van der Waals surface area contributed by atoms with Gasteiger partial charge in [0.05, 0.1) is 0 Å². The molecule has 27 heavy (non-hydrogen) atoms. The van der Waals surface area contributed by atoms with Gasteiger partial charge in [-0.05, 0) is 56.2 Å². The SMILES string of the molecule is CC(C)(C)N1C[C@@H](CNC(=O)c2cccc(-c3cccc(F)c3)c2)CC1=O. The summed E-state index contributed by atoms with van der Waals surface area (Å²) >= 11 is 0. The van der Waals surface area contributed by atoms with E-state index in [4.69, 9.17) is 0 Å². The van der Waals surface area contributed by atoms with Crippen LogP contribution in [0.5, 0.6) is 0 Å². The molecule has 1 saturated heterocycles. The summed E-state index contributed by atoms with van der Waals surface area (Å²) in [5.74, 6) is -0.242. The number of rotatable bonds is 4. The Morgan fingerprint density at radius 3 is 2.44 bits per heavy atom. The number of hydrogen-bond acceptors (Lipinski definition) is 2. The van der Waals surface area contributed by atoms with Crippen molar-refractivity contribution in [2.24, 2.45) is 5.92 Å². The van der Waals surface area contributed by atoms with Gasteiger partial charge in [0, 0.05) is 36.5 Å². The number of halogens is 1. The lowest BCUT2D eigenvalue weighted by Gasteiger charge is -2.32. The number of benzene rings is 2. The fraction of sp³-hybridized carbons (Fsp3) is 0.364. The van der Waals surface area contributed by atoms with E-state index in [2.05, 4.69) is 5.32 Å². The summed E-state index contributed by atoms with van der Waals surface area (Å²) in [6.07, 6.45) is 0.459. The number of nitrogens with one attached hydrogen (secondary N) is 1. The molecular weight excluding hydrogens is 343 g/mol. The minimum Gasteiger partial charge on any atom is -0.352 e. The van der Waals surface area contributed by atoms with E-state index >= 15 is 0 Å². The number of hydrogen-bond donors (Lipinski definition) is 1. The fourth-order valence-corrected chi connectivity index (χ4v) is 3.41. The first-order valence-corrected chi connectivity index (χ1v) is 9.19. The van der Waals surface area contributed by atoms with Gasteiger partial charge in [-0.2, -0.15) is 0 Å². The number of carbonyl (C=O) groups excluding carboxylic acids is 2. The van der Waals surface area contributed by atoms with Gasteiger partial charge in [-0.1, -0.05) is 24.3 Å². The highest BCUT2D eigenvalue weighted by Crippen LogP contribution is 2.25. The Morgan fingerprint density at radius 2 is 1.81 bits per heavy atom. The van der Waals surface area contributed by atoms with Gasteiger partial charge in [-0.3, -0.25) is 9.59 Å². The van der Waals surface area contributed by atoms with E-state index in [1.54, 1.807) is 24.3 Å². The van der Waals surface area contributed by atoms with Gasteiger partial charge in [0.25, 0.3) is 5.91 Å². The first kappa shape index (κ1) is 19.1. The van der Waals surface area contributed by atoms with Crippen molar-refractivity contribution in [2.75, 3.05) is 13.1 Å². The van der Waals surface area contributed by atoms with Crippen molar-refractivity contribution in [3.05, 3.63) is 59.9 Å². The third-order valence-electron chi connectivity index (χ3n) is 4.85. The molecule has 0 aromatic heterocycles. The summed E-state index contributed by atoms with van der Waals surface area (Å²) < 4.78 is 13.4. The molecule has 3 rings (SSSR count). The second-order valence-electron chi connectivity index (χ2n) is 8.05. The van der Waals surface area contributed by atoms with E-state index < -0.39 is 0 Å². The smallest absolute Gasteiger partial charge is 0.251 e. The van der Waals surface area contributed by atoms with Crippen LogP contribution in [-0.4, -0.2) is 35.3 Å². The van der Waals surface area contributed by atoms with Crippen molar-refractivity contribution in [1.29, 1.82) is 0 Å². The molecule has 2 aromatic carbocycles.